The van der Waals surface area contributed by atoms with Gasteiger partial charge in [-0.25, -0.2) is 0 Å². The molecule has 0 aliphatic heterocycles. The van der Waals surface area contributed by atoms with Crippen molar-refractivity contribution in [3.05, 3.63) is 46.6 Å². The molecule has 3 rings (SSSR count). The molecule has 4 bridgehead atoms. The molecule has 0 unspecified atom stereocenters. The minimum absolute atomic E-state index is 0.0448. The van der Waals surface area contributed by atoms with Crippen molar-refractivity contribution in [3.63, 3.8) is 0 Å². The van der Waals surface area contributed by atoms with Gasteiger partial charge >= 0.3 is 0 Å². The Morgan fingerprint density at radius 2 is 1.33 bits per heavy atom. The number of ether oxygens (including phenoxy) is 2. The Morgan fingerprint density at radius 3 is 1.79 bits per heavy atom. The average molecular weight is 326 g/mol. The van der Waals surface area contributed by atoms with Crippen molar-refractivity contribution in [1.82, 2.24) is 0 Å². The van der Waals surface area contributed by atoms with Crippen molar-refractivity contribution < 1.29 is 19.1 Å². The van der Waals surface area contributed by atoms with Crippen LogP contribution >= 0.6 is 0 Å². The lowest BCUT2D eigenvalue weighted by Gasteiger charge is -2.19. The first-order valence-corrected chi connectivity index (χ1v) is 8.36. The molecule has 2 aliphatic carbocycles. The van der Waals surface area contributed by atoms with Crippen LogP contribution < -0.4 is 9.47 Å². The molecule has 1 aromatic rings. The van der Waals surface area contributed by atoms with Crippen molar-refractivity contribution in [2.75, 3.05) is 14.2 Å². The number of hydrogen-bond acceptors (Lipinski definition) is 4. The van der Waals surface area contributed by atoms with Crippen LogP contribution in [0.4, 0.5) is 0 Å². The summed E-state index contributed by atoms with van der Waals surface area (Å²) < 4.78 is 11.1. The molecule has 0 fully saturated rings. The van der Waals surface area contributed by atoms with Crippen LogP contribution in [-0.4, -0.2) is 25.8 Å². The zero-order valence-electron chi connectivity index (χ0n) is 14.2. The molecule has 0 heterocycles. The second kappa shape index (κ2) is 7.04. The fraction of sp³-hybridized carbons (Fsp3) is 0.400. The molecule has 0 saturated carbocycles. The molecule has 4 heteroatoms. The minimum Gasteiger partial charge on any atom is -0.497 e. The van der Waals surface area contributed by atoms with Gasteiger partial charge in [-0.05, 0) is 73.9 Å². The summed E-state index contributed by atoms with van der Waals surface area (Å²) in [5, 5.41) is 0. The third kappa shape index (κ3) is 3.28. The zero-order chi connectivity index (χ0) is 17.1. The molecule has 0 amide bonds. The van der Waals surface area contributed by atoms with E-state index in [1.807, 2.05) is 12.1 Å². The van der Waals surface area contributed by atoms with E-state index < -0.39 is 0 Å². The average Bonchev–Trinajstić information content (AvgIpc) is 2.57. The van der Waals surface area contributed by atoms with Gasteiger partial charge in [-0.15, -0.1) is 0 Å². The molecule has 4 nitrogen and oxygen atoms in total. The molecular weight excluding hydrogens is 304 g/mol. The van der Waals surface area contributed by atoms with E-state index in [0.717, 1.165) is 48.3 Å². The Labute approximate surface area is 142 Å². The number of rotatable bonds is 2. The minimum atomic E-state index is -0.0607. The van der Waals surface area contributed by atoms with Gasteiger partial charge in [0.2, 0.25) is 0 Å². The summed E-state index contributed by atoms with van der Waals surface area (Å²) in [6, 6.07) is 4.00. The number of Topliss-reactive ketones (excluding diaryl/α,β-unsaturated/α-hetero) is 1. The fourth-order valence-electron chi connectivity index (χ4n) is 3.51. The third-order valence-electron chi connectivity index (χ3n) is 4.66. The van der Waals surface area contributed by atoms with Gasteiger partial charge in [-0.1, -0.05) is 0 Å². The number of hydrogen-bond donors (Lipinski definition) is 0. The van der Waals surface area contributed by atoms with E-state index in [9.17, 15) is 9.59 Å². The maximum absolute atomic E-state index is 12.5. The maximum atomic E-state index is 12.5. The first kappa shape index (κ1) is 16.5. The Balaban J connectivity index is 1.96. The monoisotopic (exact) mass is 326 g/mol. The highest BCUT2D eigenvalue weighted by Crippen LogP contribution is 2.33. The van der Waals surface area contributed by atoms with Crippen LogP contribution in [0.1, 0.15) is 36.8 Å². The van der Waals surface area contributed by atoms with Crippen LogP contribution in [0.3, 0.4) is 0 Å². The quantitative estimate of drug-likeness (QED) is 0.782. The summed E-state index contributed by atoms with van der Waals surface area (Å²) >= 11 is 0. The summed E-state index contributed by atoms with van der Waals surface area (Å²) in [7, 11) is 3.37. The molecule has 2 aliphatic rings. The number of carbonyl (C=O) groups excluding carboxylic acids is 2. The van der Waals surface area contributed by atoms with Crippen LogP contribution in [-0.2, 0) is 22.4 Å². The highest BCUT2D eigenvalue weighted by atomic mass is 16.5. The Hall–Kier alpha value is -2.36. The predicted octanol–water partition coefficient (Wildman–Crippen LogP) is 3.37. The summed E-state index contributed by atoms with van der Waals surface area (Å²) in [6.45, 7) is 0. The number of benzene rings is 1. The van der Waals surface area contributed by atoms with E-state index >= 15 is 0 Å². The molecule has 24 heavy (non-hydrogen) atoms. The second-order valence-electron chi connectivity index (χ2n) is 6.26. The zero-order valence-corrected chi connectivity index (χ0v) is 14.2. The van der Waals surface area contributed by atoms with E-state index in [4.69, 9.17) is 9.47 Å². The lowest BCUT2D eigenvalue weighted by atomic mass is 9.87. The molecular formula is C20H22O4. The van der Waals surface area contributed by atoms with Crippen molar-refractivity contribution in [2.24, 2.45) is 0 Å². The largest absolute Gasteiger partial charge is 0.497 e. The predicted molar refractivity (Wildman–Crippen MR) is 91.6 cm³/mol. The van der Waals surface area contributed by atoms with E-state index in [1.54, 1.807) is 14.2 Å². The Kier molecular flexibility index (Phi) is 4.84. The van der Waals surface area contributed by atoms with Gasteiger partial charge in [0.05, 0.1) is 14.2 Å². The second-order valence-corrected chi connectivity index (χ2v) is 6.26. The van der Waals surface area contributed by atoms with Crippen LogP contribution in [0.2, 0.25) is 0 Å². The van der Waals surface area contributed by atoms with Crippen molar-refractivity contribution in [1.29, 1.82) is 0 Å². The van der Waals surface area contributed by atoms with E-state index in [1.165, 1.54) is 12.2 Å². The summed E-state index contributed by atoms with van der Waals surface area (Å²) in [4.78, 5) is 24.3. The topological polar surface area (TPSA) is 52.6 Å². The van der Waals surface area contributed by atoms with Crippen molar-refractivity contribution >= 4 is 11.6 Å². The van der Waals surface area contributed by atoms with Gasteiger partial charge < -0.3 is 9.47 Å². The number of methoxy groups -OCH3 is 2. The van der Waals surface area contributed by atoms with Crippen molar-refractivity contribution in [2.45, 2.75) is 38.5 Å². The molecule has 0 aromatic heterocycles. The van der Waals surface area contributed by atoms with Crippen LogP contribution in [0, 0.1) is 0 Å². The van der Waals surface area contributed by atoms with Gasteiger partial charge in [0.15, 0.2) is 11.6 Å². The summed E-state index contributed by atoms with van der Waals surface area (Å²) in [5.74, 6) is 1.74. The lowest BCUT2D eigenvalue weighted by Crippen LogP contribution is -2.15. The summed E-state index contributed by atoms with van der Waals surface area (Å²) in [6.07, 6.45) is 7.35. The molecule has 1 aromatic carbocycles. The molecule has 0 saturated heterocycles. The third-order valence-corrected chi connectivity index (χ3v) is 4.66. The molecule has 126 valence electrons. The van der Waals surface area contributed by atoms with Gasteiger partial charge in [0, 0.05) is 11.1 Å². The van der Waals surface area contributed by atoms with Crippen molar-refractivity contribution in [3.8, 4) is 11.5 Å². The van der Waals surface area contributed by atoms with Crippen LogP contribution in [0.25, 0.3) is 0 Å². The first-order chi connectivity index (χ1) is 11.6. The molecule has 0 spiro atoms. The van der Waals surface area contributed by atoms with E-state index in [2.05, 4.69) is 0 Å². The SMILES string of the molecule is COc1cc2c(OC)c(c1)CCCC1=CC(=O)C=C(CCC2)C1=O. The highest BCUT2D eigenvalue weighted by molar-refractivity contribution is 6.20. The summed E-state index contributed by atoms with van der Waals surface area (Å²) in [5.41, 5.74) is 3.47. The van der Waals surface area contributed by atoms with E-state index in [-0.39, 0.29) is 11.6 Å². The van der Waals surface area contributed by atoms with Gasteiger partial charge in [0.25, 0.3) is 0 Å². The van der Waals surface area contributed by atoms with Gasteiger partial charge in [-0.2, -0.15) is 0 Å². The Bertz CT molecular complexity index is 687. The standard InChI is InChI=1S/C20H22O4/c1-23-18-11-15-7-3-5-13-9-17(21)10-14(19(13)22)6-4-8-16(12-18)20(15)24-2/h9-12H,3-8H2,1-2H3. The maximum Gasteiger partial charge on any atom is 0.185 e. The van der Waals surface area contributed by atoms with Gasteiger partial charge in [-0.3, -0.25) is 9.59 Å². The number of carbonyl (C=O) groups is 2. The fourth-order valence-corrected chi connectivity index (χ4v) is 3.51. The molecule has 0 atom stereocenters. The van der Waals surface area contributed by atoms with Crippen LogP contribution in [0.5, 0.6) is 11.5 Å². The van der Waals surface area contributed by atoms with Gasteiger partial charge in [0.1, 0.15) is 11.5 Å². The lowest BCUT2D eigenvalue weighted by molar-refractivity contribution is -0.115. The normalized spacial score (nSPS) is 18.1. The smallest absolute Gasteiger partial charge is 0.185 e. The van der Waals surface area contributed by atoms with E-state index in [0.29, 0.717) is 24.0 Å². The first-order valence-electron chi connectivity index (χ1n) is 8.36. The molecule has 0 radical (unpaired) electrons. The number of fused-ring (bicyclic) bond motifs is 4. The highest BCUT2D eigenvalue weighted by Gasteiger charge is 2.22. The molecule has 0 N–H and O–H groups in total. The van der Waals surface area contributed by atoms with Crippen LogP contribution in [0.15, 0.2) is 35.4 Å². The number of aryl methyl sites for hydroxylation is 2. The number of allylic oxidation sites excluding steroid dienone is 4. The number of ketones is 2. The Morgan fingerprint density at radius 1 is 0.792 bits per heavy atom.